The maximum absolute atomic E-state index is 12.1. The van der Waals surface area contributed by atoms with Gasteiger partial charge in [-0.3, -0.25) is 14.5 Å². The summed E-state index contributed by atoms with van der Waals surface area (Å²) in [5.74, 6) is -0.163. The van der Waals surface area contributed by atoms with E-state index in [9.17, 15) is 9.59 Å². The summed E-state index contributed by atoms with van der Waals surface area (Å²) < 4.78 is 4.44. The molecule has 1 aromatic rings. The molecule has 8 heteroatoms. The summed E-state index contributed by atoms with van der Waals surface area (Å²) >= 11 is 0. The van der Waals surface area contributed by atoms with Crippen molar-refractivity contribution in [3.63, 3.8) is 0 Å². The summed E-state index contributed by atoms with van der Waals surface area (Å²) in [7, 11) is 1.79. The molecule has 19 heavy (non-hydrogen) atoms. The van der Waals surface area contributed by atoms with Gasteiger partial charge in [0.05, 0.1) is 0 Å². The average Bonchev–Trinajstić information content (AvgIpc) is 2.96. The van der Waals surface area contributed by atoms with Crippen LogP contribution in [0.1, 0.15) is 10.5 Å². The zero-order valence-electron chi connectivity index (χ0n) is 10.7. The monoisotopic (exact) mass is 265 g/mol. The lowest BCUT2D eigenvalue weighted by Crippen LogP contribution is -2.64. The van der Waals surface area contributed by atoms with Crippen molar-refractivity contribution in [1.82, 2.24) is 25.0 Å². The van der Waals surface area contributed by atoms with Gasteiger partial charge in [0.2, 0.25) is 5.91 Å². The Balaban J connectivity index is 1.74. The van der Waals surface area contributed by atoms with Crippen molar-refractivity contribution in [3.8, 4) is 0 Å². The standard InChI is InChI=1S/C11H15N5O3/c1-14-2-3-15-4-5-16(7-9(15)11(14)18)10(17)8-6-12-19-13-8/h6,9H,2-5,7H2,1H3/t9-/m1/s1. The molecule has 0 spiro atoms. The highest BCUT2D eigenvalue weighted by Crippen LogP contribution is 2.17. The molecule has 0 saturated carbocycles. The maximum Gasteiger partial charge on any atom is 0.277 e. The molecule has 2 amide bonds. The number of carbonyl (C=O) groups excluding carboxylic acids is 2. The maximum atomic E-state index is 12.1. The Morgan fingerprint density at radius 2 is 2.16 bits per heavy atom. The molecule has 1 aromatic heterocycles. The van der Waals surface area contributed by atoms with Crippen molar-refractivity contribution in [1.29, 1.82) is 0 Å². The zero-order chi connectivity index (χ0) is 13.4. The number of amides is 2. The average molecular weight is 265 g/mol. The van der Waals surface area contributed by atoms with Crippen molar-refractivity contribution in [2.75, 3.05) is 39.8 Å². The Hall–Kier alpha value is -1.96. The van der Waals surface area contributed by atoms with Crippen LogP contribution in [0.4, 0.5) is 0 Å². The van der Waals surface area contributed by atoms with E-state index in [-0.39, 0.29) is 23.6 Å². The minimum absolute atomic E-state index is 0.0713. The normalized spacial score (nSPS) is 24.5. The van der Waals surface area contributed by atoms with Crippen LogP contribution >= 0.6 is 0 Å². The first-order valence-corrected chi connectivity index (χ1v) is 6.22. The van der Waals surface area contributed by atoms with Gasteiger partial charge in [0.15, 0.2) is 5.69 Å². The van der Waals surface area contributed by atoms with Gasteiger partial charge < -0.3 is 9.80 Å². The number of fused-ring (bicyclic) bond motifs is 1. The molecule has 0 aromatic carbocycles. The lowest BCUT2D eigenvalue weighted by Gasteiger charge is -2.45. The van der Waals surface area contributed by atoms with Crippen LogP contribution in [0.25, 0.3) is 0 Å². The fourth-order valence-corrected chi connectivity index (χ4v) is 2.57. The number of rotatable bonds is 1. The van der Waals surface area contributed by atoms with E-state index in [1.807, 2.05) is 0 Å². The smallest absolute Gasteiger partial charge is 0.277 e. The number of carbonyl (C=O) groups is 2. The molecule has 8 nitrogen and oxygen atoms in total. The van der Waals surface area contributed by atoms with Gasteiger partial charge in [-0.25, -0.2) is 4.63 Å². The van der Waals surface area contributed by atoms with Gasteiger partial charge in [-0.15, -0.1) is 0 Å². The first-order valence-electron chi connectivity index (χ1n) is 6.22. The van der Waals surface area contributed by atoms with Crippen LogP contribution in [0.3, 0.4) is 0 Å². The summed E-state index contributed by atoms with van der Waals surface area (Å²) in [6, 6.07) is -0.240. The number of hydrogen-bond acceptors (Lipinski definition) is 6. The third-order valence-corrected chi connectivity index (χ3v) is 3.74. The molecule has 102 valence electrons. The molecule has 3 heterocycles. The highest BCUT2D eigenvalue weighted by atomic mass is 16.6. The van der Waals surface area contributed by atoms with Crippen LogP contribution in [-0.2, 0) is 4.79 Å². The van der Waals surface area contributed by atoms with E-state index in [0.717, 1.165) is 13.1 Å². The van der Waals surface area contributed by atoms with E-state index < -0.39 is 0 Å². The van der Waals surface area contributed by atoms with E-state index in [0.29, 0.717) is 19.6 Å². The Morgan fingerprint density at radius 3 is 2.89 bits per heavy atom. The molecular weight excluding hydrogens is 250 g/mol. The van der Waals surface area contributed by atoms with E-state index in [4.69, 9.17) is 0 Å². The summed E-state index contributed by atoms with van der Waals surface area (Å²) in [6.45, 7) is 3.31. The first kappa shape index (κ1) is 12.1. The van der Waals surface area contributed by atoms with Gasteiger partial charge in [0.1, 0.15) is 12.2 Å². The van der Waals surface area contributed by atoms with E-state index in [2.05, 4.69) is 19.8 Å². The predicted octanol–water partition coefficient (Wildman–Crippen LogP) is -1.33. The third-order valence-electron chi connectivity index (χ3n) is 3.74. The molecule has 0 unspecified atom stereocenters. The highest BCUT2D eigenvalue weighted by molar-refractivity contribution is 5.92. The van der Waals surface area contributed by atoms with Crippen molar-refractivity contribution in [2.24, 2.45) is 0 Å². The van der Waals surface area contributed by atoms with Crippen LogP contribution in [0.2, 0.25) is 0 Å². The van der Waals surface area contributed by atoms with Crippen LogP contribution < -0.4 is 0 Å². The molecule has 0 radical (unpaired) electrons. The molecular formula is C11H15N5O3. The van der Waals surface area contributed by atoms with Crippen molar-refractivity contribution in [3.05, 3.63) is 11.9 Å². The molecule has 2 fully saturated rings. The Morgan fingerprint density at radius 1 is 1.37 bits per heavy atom. The van der Waals surface area contributed by atoms with Crippen molar-refractivity contribution >= 4 is 11.8 Å². The molecule has 0 N–H and O–H groups in total. The van der Waals surface area contributed by atoms with Gasteiger partial charge in [0, 0.05) is 39.8 Å². The lowest BCUT2D eigenvalue weighted by atomic mass is 10.1. The van der Waals surface area contributed by atoms with Gasteiger partial charge in [-0.05, 0) is 5.16 Å². The lowest BCUT2D eigenvalue weighted by molar-refractivity contribution is -0.142. The van der Waals surface area contributed by atoms with Crippen LogP contribution in [0.15, 0.2) is 10.8 Å². The largest absolute Gasteiger partial charge is 0.343 e. The van der Waals surface area contributed by atoms with Gasteiger partial charge in [0.25, 0.3) is 5.91 Å². The number of likely N-dealkylation sites (N-methyl/N-ethyl adjacent to an activating group) is 1. The summed E-state index contributed by atoms with van der Waals surface area (Å²) in [5.41, 5.74) is 0.185. The van der Waals surface area contributed by atoms with Gasteiger partial charge in [-0.2, -0.15) is 0 Å². The van der Waals surface area contributed by atoms with E-state index in [1.165, 1.54) is 6.20 Å². The first-order chi connectivity index (χ1) is 9.16. The van der Waals surface area contributed by atoms with Crippen LogP contribution in [0.5, 0.6) is 0 Å². The van der Waals surface area contributed by atoms with Crippen molar-refractivity contribution in [2.45, 2.75) is 6.04 Å². The Bertz CT molecular complexity index is 489. The second-order valence-electron chi connectivity index (χ2n) is 4.86. The van der Waals surface area contributed by atoms with E-state index in [1.54, 1.807) is 16.8 Å². The molecule has 0 bridgehead atoms. The highest BCUT2D eigenvalue weighted by Gasteiger charge is 2.39. The molecule has 2 aliphatic rings. The second kappa shape index (κ2) is 4.61. The number of hydrogen-bond donors (Lipinski definition) is 0. The topological polar surface area (TPSA) is 82.8 Å². The molecule has 1 atom stereocenters. The third kappa shape index (κ3) is 2.07. The zero-order valence-corrected chi connectivity index (χ0v) is 10.7. The molecule has 2 aliphatic heterocycles. The number of piperazine rings is 2. The summed E-state index contributed by atoms with van der Waals surface area (Å²) in [6.07, 6.45) is 1.30. The summed E-state index contributed by atoms with van der Waals surface area (Å²) in [4.78, 5) is 29.7. The predicted molar refractivity (Wildman–Crippen MR) is 63.2 cm³/mol. The fourth-order valence-electron chi connectivity index (χ4n) is 2.57. The Labute approximate surface area is 109 Å². The minimum Gasteiger partial charge on any atom is -0.343 e. The van der Waals surface area contributed by atoms with Crippen LogP contribution in [0, 0.1) is 0 Å². The quantitative estimate of drug-likeness (QED) is 0.625. The van der Waals surface area contributed by atoms with Gasteiger partial charge >= 0.3 is 0 Å². The molecule has 3 rings (SSSR count). The minimum atomic E-state index is -0.240. The molecule has 2 saturated heterocycles. The fraction of sp³-hybridized carbons (Fsp3) is 0.636. The van der Waals surface area contributed by atoms with E-state index >= 15 is 0 Å². The number of nitrogens with zero attached hydrogens (tertiary/aromatic N) is 5. The SMILES string of the molecule is CN1CCN2CCN(C(=O)c3cnon3)C[C@@H]2C1=O. The van der Waals surface area contributed by atoms with Crippen molar-refractivity contribution < 1.29 is 14.2 Å². The van der Waals surface area contributed by atoms with Gasteiger partial charge in [-0.1, -0.05) is 5.16 Å². The second-order valence-corrected chi connectivity index (χ2v) is 4.86. The molecule has 0 aliphatic carbocycles. The summed E-state index contributed by atoms with van der Waals surface area (Å²) in [5, 5.41) is 6.97. The Kier molecular flexibility index (Phi) is 2.94. The number of aromatic nitrogens is 2. The van der Waals surface area contributed by atoms with Crippen LogP contribution in [-0.4, -0.2) is 82.6 Å².